The number of aliphatic hydroxyl groups is 1. The summed E-state index contributed by atoms with van der Waals surface area (Å²) in [5.41, 5.74) is 5.71. The van der Waals surface area contributed by atoms with Crippen LogP contribution in [0.25, 0.3) is 22.0 Å². The van der Waals surface area contributed by atoms with E-state index in [0.29, 0.717) is 28.1 Å². The van der Waals surface area contributed by atoms with Gasteiger partial charge in [0.05, 0.1) is 24.2 Å². The third-order valence-corrected chi connectivity index (χ3v) is 5.95. The molecule has 1 fully saturated rings. The van der Waals surface area contributed by atoms with Gasteiger partial charge in [0.1, 0.15) is 5.82 Å². The number of nitrogen functional groups attached to an aromatic ring is 1. The fraction of sp³-hybridized carbons (Fsp3) is 0.318. The number of rotatable bonds is 4. The lowest BCUT2D eigenvalue weighted by atomic mass is 9.95. The molecule has 12 heteroatoms. The van der Waals surface area contributed by atoms with Gasteiger partial charge in [0.2, 0.25) is 0 Å². The smallest absolute Gasteiger partial charge is 0.260 e. The van der Waals surface area contributed by atoms with E-state index in [-0.39, 0.29) is 19.0 Å². The van der Waals surface area contributed by atoms with E-state index in [2.05, 4.69) is 20.6 Å². The molecule has 0 aliphatic carbocycles. The summed E-state index contributed by atoms with van der Waals surface area (Å²) in [5, 5.41) is 23.2. The molecule has 176 valence electrons. The van der Waals surface area contributed by atoms with Gasteiger partial charge in [0, 0.05) is 24.2 Å². The summed E-state index contributed by atoms with van der Waals surface area (Å²) in [5.74, 6) is -0.770. The van der Waals surface area contributed by atoms with Crippen molar-refractivity contribution in [3.8, 4) is 0 Å². The first-order chi connectivity index (χ1) is 16.2. The van der Waals surface area contributed by atoms with Gasteiger partial charge >= 0.3 is 0 Å². The van der Waals surface area contributed by atoms with Crippen LogP contribution in [0.1, 0.15) is 12.6 Å². The van der Waals surface area contributed by atoms with E-state index in [1.54, 1.807) is 29.9 Å². The normalized spacial score (nSPS) is 18.4. The number of morpholine rings is 1. The molecular weight excluding hydrogens is 442 g/mol. The molecule has 4 heterocycles. The van der Waals surface area contributed by atoms with Crippen molar-refractivity contribution < 1.29 is 24.0 Å². The zero-order chi connectivity index (χ0) is 24.2. The molecule has 0 radical (unpaired) electrons. The van der Waals surface area contributed by atoms with E-state index in [0.717, 1.165) is 11.1 Å². The molecule has 4 N–H and O–H groups in total. The number of nitrogens with two attached hydrogens (primary N) is 1. The molecule has 12 nitrogen and oxygen atoms in total. The maximum Gasteiger partial charge on any atom is 0.260 e. The van der Waals surface area contributed by atoms with Gasteiger partial charge in [0.15, 0.2) is 28.8 Å². The van der Waals surface area contributed by atoms with Crippen LogP contribution in [0.15, 0.2) is 34.9 Å². The fourth-order valence-electron chi connectivity index (χ4n) is 4.07. The summed E-state index contributed by atoms with van der Waals surface area (Å²) in [6.45, 7) is 3.46. The second-order valence-corrected chi connectivity index (χ2v) is 8.37. The summed E-state index contributed by atoms with van der Waals surface area (Å²) < 4.78 is 12.3. The average Bonchev–Trinajstić information content (AvgIpc) is 3.32. The van der Waals surface area contributed by atoms with Gasteiger partial charge in [-0.2, -0.15) is 5.10 Å². The van der Waals surface area contributed by atoms with Crippen molar-refractivity contribution in [3.05, 3.63) is 36.0 Å². The summed E-state index contributed by atoms with van der Waals surface area (Å²) in [6, 6.07) is 8.31. The number of hydrogen-bond donors (Lipinski definition) is 3. The molecule has 2 atom stereocenters. The van der Waals surface area contributed by atoms with E-state index in [4.69, 9.17) is 15.0 Å². The number of hydrogen-bond acceptors (Lipinski definition) is 9. The number of benzene rings is 1. The highest BCUT2D eigenvalue weighted by Crippen LogP contribution is 2.28. The van der Waals surface area contributed by atoms with Crippen LogP contribution in [-0.4, -0.2) is 61.7 Å². The molecule has 0 bridgehead atoms. The number of amides is 2. The summed E-state index contributed by atoms with van der Waals surface area (Å²) in [6.07, 6.45) is -1.43. The van der Waals surface area contributed by atoms with Crippen LogP contribution in [0.4, 0.5) is 17.3 Å². The highest BCUT2D eigenvalue weighted by Gasteiger charge is 2.48. The number of nitrogens with one attached hydrogen (secondary N) is 1. The Balaban J connectivity index is 1.38. The molecule has 0 spiro atoms. The van der Waals surface area contributed by atoms with Crippen molar-refractivity contribution in [1.29, 1.82) is 0 Å². The lowest BCUT2D eigenvalue weighted by Gasteiger charge is -2.37. The number of aryl methyl sites for hydroxylation is 2. The SMILES string of the molecule is Cc1nn(C)c2nc(N3CCO[C@H]([C@@](C)(O)C(=O)Nc4ccc5c(N)noc5c4)C3=O)ccc12. The van der Waals surface area contributed by atoms with Crippen LogP contribution >= 0.6 is 0 Å². The van der Waals surface area contributed by atoms with Crippen molar-refractivity contribution in [1.82, 2.24) is 19.9 Å². The van der Waals surface area contributed by atoms with Crippen LogP contribution in [0.5, 0.6) is 0 Å². The van der Waals surface area contributed by atoms with Crippen LogP contribution < -0.4 is 16.0 Å². The second kappa shape index (κ2) is 7.78. The van der Waals surface area contributed by atoms with E-state index < -0.39 is 23.5 Å². The molecule has 4 aromatic rings. The molecule has 1 aliphatic rings. The second-order valence-electron chi connectivity index (χ2n) is 8.37. The zero-order valence-corrected chi connectivity index (χ0v) is 18.8. The Morgan fingerprint density at radius 2 is 2.06 bits per heavy atom. The molecule has 34 heavy (non-hydrogen) atoms. The van der Waals surface area contributed by atoms with Gasteiger partial charge < -0.3 is 25.4 Å². The Morgan fingerprint density at radius 3 is 2.85 bits per heavy atom. The molecule has 0 saturated carbocycles. The van der Waals surface area contributed by atoms with E-state index in [1.165, 1.54) is 17.9 Å². The minimum Gasteiger partial charge on any atom is -0.380 e. The van der Waals surface area contributed by atoms with Gasteiger partial charge in [-0.1, -0.05) is 5.16 Å². The number of carbonyl (C=O) groups excluding carboxylic acids is 2. The van der Waals surface area contributed by atoms with E-state index in [9.17, 15) is 14.7 Å². The lowest BCUT2D eigenvalue weighted by molar-refractivity contribution is -0.165. The van der Waals surface area contributed by atoms with Gasteiger partial charge in [-0.05, 0) is 38.1 Å². The molecule has 1 aromatic carbocycles. The maximum atomic E-state index is 13.3. The predicted molar refractivity (Wildman–Crippen MR) is 123 cm³/mol. The first-order valence-corrected chi connectivity index (χ1v) is 10.6. The molecule has 0 unspecified atom stereocenters. The number of fused-ring (bicyclic) bond motifs is 2. The number of pyridine rings is 1. The molecule has 1 aliphatic heterocycles. The summed E-state index contributed by atoms with van der Waals surface area (Å²) in [7, 11) is 1.77. The number of aromatic nitrogens is 4. The fourth-order valence-corrected chi connectivity index (χ4v) is 4.07. The van der Waals surface area contributed by atoms with Gasteiger partial charge in [-0.15, -0.1) is 0 Å². The Kier molecular flexibility index (Phi) is 4.99. The van der Waals surface area contributed by atoms with Crippen molar-refractivity contribution in [2.75, 3.05) is 29.1 Å². The van der Waals surface area contributed by atoms with Gasteiger partial charge in [-0.25, -0.2) is 4.98 Å². The van der Waals surface area contributed by atoms with Crippen LogP contribution in [0.2, 0.25) is 0 Å². The molecule has 5 rings (SSSR count). The van der Waals surface area contributed by atoms with Crippen LogP contribution in [0, 0.1) is 6.92 Å². The molecule has 3 aromatic heterocycles. The average molecular weight is 465 g/mol. The van der Waals surface area contributed by atoms with Crippen molar-refractivity contribution >= 4 is 51.1 Å². The van der Waals surface area contributed by atoms with E-state index >= 15 is 0 Å². The minimum absolute atomic E-state index is 0.118. The lowest BCUT2D eigenvalue weighted by Crippen LogP contribution is -2.61. The van der Waals surface area contributed by atoms with Crippen molar-refractivity contribution in [3.63, 3.8) is 0 Å². The monoisotopic (exact) mass is 465 g/mol. The molecular formula is C22H23N7O5. The summed E-state index contributed by atoms with van der Waals surface area (Å²) >= 11 is 0. The Labute approximate surface area is 193 Å². The van der Waals surface area contributed by atoms with Gasteiger partial charge in [-0.3, -0.25) is 19.2 Å². The minimum atomic E-state index is -2.17. The number of carbonyl (C=O) groups is 2. The first kappa shape index (κ1) is 21.8. The Hall–Kier alpha value is -4.03. The highest BCUT2D eigenvalue weighted by atomic mass is 16.5. The molecule has 2 amide bonds. The Bertz CT molecular complexity index is 1440. The molecule has 1 saturated heterocycles. The highest BCUT2D eigenvalue weighted by molar-refractivity contribution is 6.06. The third-order valence-electron chi connectivity index (χ3n) is 5.95. The number of anilines is 3. The van der Waals surface area contributed by atoms with Crippen molar-refractivity contribution in [2.24, 2.45) is 7.05 Å². The topological polar surface area (TPSA) is 162 Å². The maximum absolute atomic E-state index is 13.3. The van der Waals surface area contributed by atoms with Crippen molar-refractivity contribution in [2.45, 2.75) is 25.6 Å². The quantitative estimate of drug-likeness (QED) is 0.401. The van der Waals surface area contributed by atoms with Gasteiger partial charge in [0.25, 0.3) is 11.8 Å². The summed E-state index contributed by atoms with van der Waals surface area (Å²) in [4.78, 5) is 32.2. The number of ether oxygens (including phenoxy) is 1. The number of nitrogens with zero attached hydrogens (tertiary/aromatic N) is 5. The van der Waals surface area contributed by atoms with Crippen LogP contribution in [0.3, 0.4) is 0 Å². The van der Waals surface area contributed by atoms with Crippen LogP contribution in [-0.2, 0) is 21.4 Å². The third kappa shape index (κ3) is 3.43. The zero-order valence-electron chi connectivity index (χ0n) is 18.8. The predicted octanol–water partition coefficient (Wildman–Crippen LogP) is 1.12. The first-order valence-electron chi connectivity index (χ1n) is 10.6. The standard InChI is InChI=1S/C22H23N7O5/c1-11-13-6-7-16(25-19(13)28(3)26-11)29-8-9-33-17(20(29)30)22(2,32)21(31)24-12-4-5-14-15(10-12)34-27-18(14)23/h4-7,10,17,32H,8-9H2,1-3H3,(H2,23,27)(H,24,31)/t17-,22+/m0/s1. The van der Waals surface area contributed by atoms with E-state index in [1.807, 2.05) is 13.0 Å². The largest absolute Gasteiger partial charge is 0.380 e. The Morgan fingerprint density at radius 1 is 1.29 bits per heavy atom.